The quantitative estimate of drug-likeness (QED) is 0.896. The molecule has 0 bridgehead atoms. The molecule has 1 aromatic heterocycles. The molecule has 0 saturated heterocycles. The van der Waals surface area contributed by atoms with Crippen molar-refractivity contribution in [1.29, 1.82) is 0 Å². The molecule has 0 spiro atoms. The first-order chi connectivity index (χ1) is 10.3. The van der Waals surface area contributed by atoms with Gasteiger partial charge in [-0.15, -0.1) is 0 Å². The summed E-state index contributed by atoms with van der Waals surface area (Å²) in [5.74, 6) is -1.20. The molecule has 1 aromatic carbocycles. The van der Waals surface area contributed by atoms with E-state index in [2.05, 4.69) is 10.3 Å². The van der Waals surface area contributed by atoms with E-state index < -0.39 is 17.7 Å². The van der Waals surface area contributed by atoms with Gasteiger partial charge in [-0.1, -0.05) is 41.7 Å². The molecule has 2 N–H and O–H groups in total. The van der Waals surface area contributed by atoms with Crippen LogP contribution in [0.25, 0.3) is 10.6 Å². The first-order valence-electron chi connectivity index (χ1n) is 6.56. The summed E-state index contributed by atoms with van der Waals surface area (Å²) in [5, 5.41) is 12.3. The minimum atomic E-state index is -1.20. The average molecular weight is 320 g/mol. The third-order valence-electron chi connectivity index (χ3n) is 2.46. The van der Waals surface area contributed by atoms with Gasteiger partial charge < -0.3 is 9.84 Å². The van der Waals surface area contributed by atoms with Crippen molar-refractivity contribution in [3.63, 3.8) is 0 Å². The number of aromatic carboxylic acids is 1. The molecule has 0 saturated carbocycles. The predicted molar refractivity (Wildman–Crippen MR) is 84.4 cm³/mol. The molecule has 0 aliphatic heterocycles. The molecule has 0 aliphatic rings. The van der Waals surface area contributed by atoms with Crippen molar-refractivity contribution in [1.82, 2.24) is 4.98 Å². The number of carbonyl (C=O) groups excluding carboxylic acids is 1. The fourth-order valence-corrected chi connectivity index (χ4v) is 2.60. The van der Waals surface area contributed by atoms with E-state index in [4.69, 9.17) is 4.74 Å². The van der Waals surface area contributed by atoms with Gasteiger partial charge in [0.05, 0.1) is 0 Å². The van der Waals surface area contributed by atoms with Crippen LogP contribution in [0.5, 0.6) is 0 Å². The zero-order valence-corrected chi connectivity index (χ0v) is 13.2. The number of amides is 1. The normalized spacial score (nSPS) is 11.0. The molecule has 2 aromatic rings. The maximum Gasteiger partial charge on any atom is 0.412 e. The van der Waals surface area contributed by atoms with Gasteiger partial charge in [-0.05, 0) is 20.8 Å². The molecule has 22 heavy (non-hydrogen) atoms. The van der Waals surface area contributed by atoms with Gasteiger partial charge >= 0.3 is 12.1 Å². The topological polar surface area (TPSA) is 88.5 Å². The van der Waals surface area contributed by atoms with E-state index in [0.29, 0.717) is 5.01 Å². The van der Waals surface area contributed by atoms with E-state index in [1.807, 2.05) is 30.3 Å². The molecular formula is C15H16N2O4S. The van der Waals surface area contributed by atoms with Crippen LogP contribution in [0.15, 0.2) is 30.3 Å². The van der Waals surface area contributed by atoms with Crippen molar-refractivity contribution in [2.45, 2.75) is 26.4 Å². The number of nitrogens with one attached hydrogen (secondary N) is 1. The van der Waals surface area contributed by atoms with Crippen molar-refractivity contribution in [3.8, 4) is 10.6 Å². The highest BCUT2D eigenvalue weighted by Crippen LogP contribution is 2.32. The van der Waals surface area contributed by atoms with Crippen LogP contribution in [-0.2, 0) is 4.74 Å². The third kappa shape index (κ3) is 4.05. The van der Waals surface area contributed by atoms with Gasteiger partial charge in [0, 0.05) is 5.56 Å². The average Bonchev–Trinajstić information content (AvgIpc) is 2.81. The molecule has 0 aliphatic carbocycles. The lowest BCUT2D eigenvalue weighted by atomic mass is 10.2. The van der Waals surface area contributed by atoms with E-state index in [1.165, 1.54) is 0 Å². The van der Waals surface area contributed by atoms with Crippen LogP contribution < -0.4 is 5.32 Å². The highest BCUT2D eigenvalue weighted by atomic mass is 32.1. The number of thiazole rings is 1. The van der Waals surface area contributed by atoms with Gasteiger partial charge in [-0.3, -0.25) is 5.32 Å². The highest BCUT2D eigenvalue weighted by molar-refractivity contribution is 7.19. The standard InChI is InChI=1S/C15H16N2O4S/c1-15(2,3)21-14(20)17-12-10(13(18)19)16-11(22-12)9-7-5-4-6-8-9/h4-8H,1-3H3,(H,17,20)(H,18,19). The lowest BCUT2D eigenvalue weighted by molar-refractivity contribution is 0.0636. The first kappa shape index (κ1) is 16.0. The Labute approximate surface area is 131 Å². The van der Waals surface area contributed by atoms with Crippen LogP contribution in [0.3, 0.4) is 0 Å². The summed E-state index contributed by atoms with van der Waals surface area (Å²) >= 11 is 1.09. The molecule has 0 radical (unpaired) electrons. The number of rotatable bonds is 3. The summed E-state index contributed by atoms with van der Waals surface area (Å²) in [6, 6.07) is 9.16. The molecule has 1 amide bonds. The van der Waals surface area contributed by atoms with Crippen LogP contribution in [0.4, 0.5) is 9.80 Å². The monoisotopic (exact) mass is 320 g/mol. The van der Waals surface area contributed by atoms with Crippen LogP contribution in [0.1, 0.15) is 31.3 Å². The lowest BCUT2D eigenvalue weighted by Gasteiger charge is -2.19. The number of carboxylic acids is 1. The largest absolute Gasteiger partial charge is 0.476 e. The lowest BCUT2D eigenvalue weighted by Crippen LogP contribution is -2.27. The van der Waals surface area contributed by atoms with Crippen LogP contribution in [0.2, 0.25) is 0 Å². The summed E-state index contributed by atoms with van der Waals surface area (Å²) in [6.07, 6.45) is -0.710. The second kappa shape index (κ2) is 6.15. The van der Waals surface area contributed by atoms with Crippen molar-refractivity contribution < 1.29 is 19.4 Å². The third-order valence-corrected chi connectivity index (χ3v) is 3.48. The number of anilines is 1. The van der Waals surface area contributed by atoms with Crippen molar-refractivity contribution >= 4 is 28.4 Å². The number of ether oxygens (including phenoxy) is 1. The van der Waals surface area contributed by atoms with Gasteiger partial charge in [0.15, 0.2) is 5.69 Å². The number of carbonyl (C=O) groups is 2. The highest BCUT2D eigenvalue weighted by Gasteiger charge is 2.22. The second-order valence-electron chi connectivity index (χ2n) is 5.49. The zero-order valence-electron chi connectivity index (χ0n) is 12.4. The zero-order chi connectivity index (χ0) is 16.3. The van der Waals surface area contributed by atoms with E-state index in [-0.39, 0.29) is 10.7 Å². The Morgan fingerprint density at radius 2 is 1.86 bits per heavy atom. The molecule has 7 heteroatoms. The van der Waals surface area contributed by atoms with Crippen molar-refractivity contribution in [2.75, 3.05) is 5.32 Å². The summed E-state index contributed by atoms with van der Waals surface area (Å²) < 4.78 is 5.13. The maximum absolute atomic E-state index is 11.8. The number of nitrogens with zero attached hydrogens (tertiary/aromatic N) is 1. The Bertz CT molecular complexity index is 689. The van der Waals surface area contributed by atoms with E-state index in [9.17, 15) is 14.7 Å². The van der Waals surface area contributed by atoms with Crippen LogP contribution in [-0.4, -0.2) is 27.8 Å². The van der Waals surface area contributed by atoms with E-state index >= 15 is 0 Å². The molecule has 2 rings (SSSR count). The Morgan fingerprint density at radius 3 is 2.41 bits per heavy atom. The van der Waals surface area contributed by atoms with Crippen molar-refractivity contribution in [3.05, 3.63) is 36.0 Å². The van der Waals surface area contributed by atoms with Gasteiger partial charge in [0.1, 0.15) is 15.6 Å². The van der Waals surface area contributed by atoms with Crippen LogP contribution in [0, 0.1) is 0 Å². The molecule has 6 nitrogen and oxygen atoms in total. The molecule has 0 unspecified atom stereocenters. The predicted octanol–water partition coefficient (Wildman–Crippen LogP) is 3.86. The minimum Gasteiger partial charge on any atom is -0.476 e. The molecule has 0 fully saturated rings. The van der Waals surface area contributed by atoms with Crippen LogP contribution >= 0.6 is 11.3 Å². The van der Waals surface area contributed by atoms with Crippen molar-refractivity contribution in [2.24, 2.45) is 0 Å². The SMILES string of the molecule is CC(C)(C)OC(=O)Nc1sc(-c2ccccc2)nc1C(=O)O. The number of benzene rings is 1. The molecule has 1 heterocycles. The van der Waals surface area contributed by atoms with E-state index in [1.54, 1.807) is 20.8 Å². The Hall–Kier alpha value is -2.41. The fraction of sp³-hybridized carbons (Fsp3) is 0.267. The number of carboxylic acid groups (broad SMARTS) is 1. The summed E-state index contributed by atoms with van der Waals surface area (Å²) in [4.78, 5) is 27.2. The Balaban J connectivity index is 2.29. The smallest absolute Gasteiger partial charge is 0.412 e. The number of hydrogen-bond acceptors (Lipinski definition) is 5. The Morgan fingerprint density at radius 1 is 1.23 bits per heavy atom. The maximum atomic E-state index is 11.8. The summed E-state index contributed by atoms with van der Waals surface area (Å²) in [7, 11) is 0. The van der Waals surface area contributed by atoms with Gasteiger partial charge in [-0.25, -0.2) is 14.6 Å². The second-order valence-corrected chi connectivity index (χ2v) is 6.49. The fourth-order valence-electron chi connectivity index (χ4n) is 1.65. The molecule has 0 atom stereocenters. The molecular weight excluding hydrogens is 304 g/mol. The summed E-state index contributed by atoms with van der Waals surface area (Å²) in [6.45, 7) is 5.19. The van der Waals surface area contributed by atoms with Gasteiger partial charge in [0.2, 0.25) is 0 Å². The number of aromatic nitrogens is 1. The van der Waals surface area contributed by atoms with E-state index in [0.717, 1.165) is 16.9 Å². The van der Waals surface area contributed by atoms with Gasteiger partial charge in [0.25, 0.3) is 0 Å². The first-order valence-corrected chi connectivity index (χ1v) is 7.37. The summed E-state index contributed by atoms with van der Waals surface area (Å²) in [5.41, 5.74) is -0.0811. The van der Waals surface area contributed by atoms with Gasteiger partial charge in [-0.2, -0.15) is 0 Å². The number of hydrogen-bond donors (Lipinski definition) is 2. The minimum absolute atomic E-state index is 0.153. The Kier molecular flexibility index (Phi) is 4.46. The molecule has 116 valence electrons.